The smallest absolute Gasteiger partial charge is 0.0538 e. The zero-order valence-electron chi connectivity index (χ0n) is 9.03. The molecule has 0 fully saturated rings. The van der Waals surface area contributed by atoms with Crippen LogP contribution in [0, 0.1) is 0 Å². The Hall–Kier alpha value is -1.09. The van der Waals surface area contributed by atoms with Gasteiger partial charge >= 0.3 is 0 Å². The molecule has 0 aromatic carbocycles. The second-order valence-corrected chi connectivity index (χ2v) is 3.41. The molecule has 0 amide bonds. The first kappa shape index (κ1) is 11.0. The fourth-order valence-corrected chi connectivity index (χ4v) is 1.41. The maximum absolute atomic E-state index is 4.12. The van der Waals surface area contributed by atoms with Gasteiger partial charge in [-0.3, -0.25) is 0 Å². The van der Waals surface area contributed by atoms with Crippen molar-refractivity contribution in [3.05, 3.63) is 24.5 Å². The Morgan fingerprint density at radius 2 is 2.29 bits per heavy atom. The van der Waals surface area contributed by atoms with E-state index in [0.29, 0.717) is 6.04 Å². The number of nitrogens with one attached hydrogen (secondary N) is 1. The van der Waals surface area contributed by atoms with E-state index in [9.17, 15) is 0 Å². The van der Waals surface area contributed by atoms with Crippen LogP contribution in [0.3, 0.4) is 0 Å². The molecule has 78 valence electrons. The molecule has 0 aliphatic heterocycles. The van der Waals surface area contributed by atoms with Gasteiger partial charge in [0.2, 0.25) is 0 Å². The Balaban J connectivity index is 2.40. The normalized spacial score (nSPS) is 10.8. The van der Waals surface area contributed by atoms with Crippen LogP contribution in [0.2, 0.25) is 0 Å². The average molecular weight is 193 g/mol. The summed E-state index contributed by atoms with van der Waals surface area (Å²) in [6.07, 6.45) is 7.90. The average Bonchev–Trinajstić information content (AvgIpc) is 2.67. The first-order chi connectivity index (χ1) is 6.80. The van der Waals surface area contributed by atoms with E-state index in [1.807, 2.05) is 12.4 Å². The monoisotopic (exact) mass is 193 g/mol. The Bertz CT molecular complexity index is 274. The van der Waals surface area contributed by atoms with E-state index in [-0.39, 0.29) is 0 Å². The standard InChI is InChI=1S/C11H19N3/c1-4-11(5-2)12-7-10-8-13-14(6-3)9-10/h6,8-9,11-12H,3-5,7H2,1-2H3. The van der Waals surface area contributed by atoms with E-state index in [1.54, 1.807) is 10.9 Å². The molecule has 0 aliphatic carbocycles. The number of rotatable bonds is 6. The molecule has 1 heterocycles. The molecule has 1 N–H and O–H groups in total. The minimum absolute atomic E-state index is 0.613. The fraction of sp³-hybridized carbons (Fsp3) is 0.545. The molecular weight excluding hydrogens is 174 g/mol. The van der Waals surface area contributed by atoms with E-state index in [4.69, 9.17) is 0 Å². The van der Waals surface area contributed by atoms with Crippen LogP contribution in [0.1, 0.15) is 32.3 Å². The number of hydrogen-bond donors (Lipinski definition) is 1. The van der Waals surface area contributed by atoms with Crippen molar-refractivity contribution in [1.82, 2.24) is 15.1 Å². The van der Waals surface area contributed by atoms with Crippen LogP contribution in [0.25, 0.3) is 6.20 Å². The largest absolute Gasteiger partial charge is 0.310 e. The van der Waals surface area contributed by atoms with E-state index < -0.39 is 0 Å². The van der Waals surface area contributed by atoms with Crippen molar-refractivity contribution in [3.63, 3.8) is 0 Å². The summed E-state index contributed by atoms with van der Waals surface area (Å²) in [5, 5.41) is 7.61. The topological polar surface area (TPSA) is 29.9 Å². The molecule has 0 aliphatic rings. The third-order valence-corrected chi connectivity index (χ3v) is 2.42. The summed E-state index contributed by atoms with van der Waals surface area (Å²) in [7, 11) is 0. The van der Waals surface area contributed by atoms with Gasteiger partial charge in [0.25, 0.3) is 0 Å². The maximum Gasteiger partial charge on any atom is 0.0538 e. The van der Waals surface area contributed by atoms with E-state index in [1.165, 1.54) is 18.4 Å². The van der Waals surface area contributed by atoms with Crippen molar-refractivity contribution in [2.75, 3.05) is 0 Å². The van der Waals surface area contributed by atoms with E-state index in [0.717, 1.165) is 6.54 Å². The third kappa shape index (κ3) is 3.00. The highest BCUT2D eigenvalue weighted by atomic mass is 15.2. The van der Waals surface area contributed by atoms with Gasteiger partial charge in [-0.1, -0.05) is 20.4 Å². The van der Waals surface area contributed by atoms with Crippen LogP contribution in [0.5, 0.6) is 0 Å². The first-order valence-electron chi connectivity index (χ1n) is 5.19. The van der Waals surface area contributed by atoms with Crippen LogP contribution in [0.15, 0.2) is 19.0 Å². The molecule has 0 saturated heterocycles. The van der Waals surface area contributed by atoms with Gasteiger partial charge in [-0.25, -0.2) is 4.68 Å². The Morgan fingerprint density at radius 3 is 2.79 bits per heavy atom. The zero-order valence-corrected chi connectivity index (χ0v) is 9.03. The Labute approximate surface area is 85.8 Å². The molecule has 0 saturated carbocycles. The number of nitrogens with zero attached hydrogens (tertiary/aromatic N) is 2. The van der Waals surface area contributed by atoms with Crippen LogP contribution >= 0.6 is 0 Å². The molecular formula is C11H19N3. The lowest BCUT2D eigenvalue weighted by Gasteiger charge is -2.13. The lowest BCUT2D eigenvalue weighted by molar-refractivity contribution is 0.484. The van der Waals surface area contributed by atoms with Crippen LogP contribution in [-0.2, 0) is 6.54 Å². The summed E-state index contributed by atoms with van der Waals surface area (Å²) < 4.78 is 1.73. The second kappa shape index (κ2) is 5.60. The zero-order chi connectivity index (χ0) is 10.4. The van der Waals surface area contributed by atoms with Gasteiger partial charge in [-0.15, -0.1) is 0 Å². The van der Waals surface area contributed by atoms with Crippen molar-refractivity contribution < 1.29 is 0 Å². The molecule has 0 radical (unpaired) electrons. The molecule has 3 heteroatoms. The summed E-state index contributed by atoms with van der Waals surface area (Å²) in [4.78, 5) is 0. The molecule has 0 atom stereocenters. The Morgan fingerprint density at radius 1 is 1.57 bits per heavy atom. The Kier molecular flexibility index (Phi) is 4.40. The highest BCUT2D eigenvalue weighted by molar-refractivity contribution is 5.17. The van der Waals surface area contributed by atoms with Crippen molar-refractivity contribution >= 4 is 6.20 Å². The quantitative estimate of drug-likeness (QED) is 0.751. The van der Waals surface area contributed by atoms with Crippen molar-refractivity contribution in [2.24, 2.45) is 0 Å². The molecule has 1 rings (SSSR count). The number of aromatic nitrogens is 2. The summed E-state index contributed by atoms with van der Waals surface area (Å²) in [5.41, 5.74) is 1.21. The molecule has 3 nitrogen and oxygen atoms in total. The number of hydrogen-bond acceptors (Lipinski definition) is 2. The molecule has 0 unspecified atom stereocenters. The van der Waals surface area contributed by atoms with Gasteiger partial charge < -0.3 is 5.32 Å². The molecule has 1 aromatic rings. The predicted octanol–water partition coefficient (Wildman–Crippen LogP) is 2.26. The van der Waals surface area contributed by atoms with Gasteiger partial charge in [0.15, 0.2) is 0 Å². The molecule has 14 heavy (non-hydrogen) atoms. The SMILES string of the molecule is C=Cn1cc(CNC(CC)CC)cn1. The molecule has 0 spiro atoms. The van der Waals surface area contributed by atoms with Gasteiger partial charge in [-0.2, -0.15) is 5.10 Å². The van der Waals surface area contributed by atoms with E-state index in [2.05, 4.69) is 30.8 Å². The van der Waals surface area contributed by atoms with Crippen molar-refractivity contribution in [1.29, 1.82) is 0 Å². The highest BCUT2D eigenvalue weighted by Gasteiger charge is 2.02. The minimum atomic E-state index is 0.613. The van der Waals surface area contributed by atoms with Gasteiger partial charge in [0.05, 0.1) is 6.20 Å². The van der Waals surface area contributed by atoms with Gasteiger partial charge in [-0.05, 0) is 12.8 Å². The molecule has 1 aromatic heterocycles. The first-order valence-corrected chi connectivity index (χ1v) is 5.19. The maximum atomic E-state index is 4.12. The lowest BCUT2D eigenvalue weighted by Crippen LogP contribution is -2.26. The van der Waals surface area contributed by atoms with Crippen molar-refractivity contribution in [3.8, 4) is 0 Å². The highest BCUT2D eigenvalue weighted by Crippen LogP contribution is 2.01. The van der Waals surface area contributed by atoms with Crippen LogP contribution in [-0.4, -0.2) is 15.8 Å². The van der Waals surface area contributed by atoms with Crippen molar-refractivity contribution in [2.45, 2.75) is 39.3 Å². The van der Waals surface area contributed by atoms with Crippen LogP contribution < -0.4 is 5.32 Å². The third-order valence-electron chi connectivity index (χ3n) is 2.42. The summed E-state index contributed by atoms with van der Waals surface area (Å²) in [6.45, 7) is 8.95. The minimum Gasteiger partial charge on any atom is -0.310 e. The van der Waals surface area contributed by atoms with Gasteiger partial charge in [0, 0.05) is 30.5 Å². The summed E-state index contributed by atoms with van der Waals surface area (Å²) in [5.74, 6) is 0. The summed E-state index contributed by atoms with van der Waals surface area (Å²) >= 11 is 0. The summed E-state index contributed by atoms with van der Waals surface area (Å²) in [6, 6.07) is 0.613. The lowest BCUT2D eigenvalue weighted by atomic mass is 10.1. The van der Waals surface area contributed by atoms with Crippen LogP contribution in [0.4, 0.5) is 0 Å². The van der Waals surface area contributed by atoms with E-state index >= 15 is 0 Å². The molecule has 0 bridgehead atoms. The fourth-order valence-electron chi connectivity index (χ4n) is 1.41. The predicted molar refractivity (Wildman–Crippen MR) is 59.8 cm³/mol. The van der Waals surface area contributed by atoms with Gasteiger partial charge in [0.1, 0.15) is 0 Å². The second-order valence-electron chi connectivity index (χ2n) is 3.41.